The van der Waals surface area contributed by atoms with Gasteiger partial charge in [-0.2, -0.15) is 0 Å². The van der Waals surface area contributed by atoms with Crippen LogP contribution in [0.1, 0.15) is 6.92 Å². The van der Waals surface area contributed by atoms with E-state index in [2.05, 4.69) is 25.3 Å². The molecule has 0 aromatic carbocycles. The van der Waals surface area contributed by atoms with Gasteiger partial charge >= 0.3 is 0 Å². The Bertz CT molecular complexity index is 378. The Balaban J connectivity index is 3.16. The first-order chi connectivity index (χ1) is 7.20. The van der Waals surface area contributed by atoms with Crippen LogP contribution in [0.4, 0.5) is 0 Å². The van der Waals surface area contributed by atoms with Crippen LogP contribution in [0, 0.1) is 0 Å². The zero-order valence-corrected chi connectivity index (χ0v) is 9.40. The van der Waals surface area contributed by atoms with Gasteiger partial charge in [0.05, 0.1) is 0 Å². The molecule has 0 aliphatic carbocycles. The van der Waals surface area contributed by atoms with Crippen molar-refractivity contribution in [2.45, 2.75) is 6.92 Å². The van der Waals surface area contributed by atoms with Gasteiger partial charge in [0.15, 0.2) is 0 Å². The highest BCUT2D eigenvalue weighted by Gasteiger charge is 2.12. The van der Waals surface area contributed by atoms with Crippen LogP contribution in [0.2, 0.25) is 0 Å². The van der Waals surface area contributed by atoms with Crippen molar-refractivity contribution in [1.29, 1.82) is 0 Å². The number of nitrogens with zero attached hydrogens (tertiary/aromatic N) is 1. The molecular weight excluding hydrogens is 182 g/mol. The molecule has 0 aromatic rings. The van der Waals surface area contributed by atoms with Crippen LogP contribution in [0.15, 0.2) is 72.7 Å². The maximum Gasteiger partial charge on any atom is 0.0410 e. The zero-order chi connectivity index (χ0) is 11.3. The van der Waals surface area contributed by atoms with Crippen molar-refractivity contribution < 1.29 is 0 Å². The van der Waals surface area contributed by atoms with Gasteiger partial charge in [-0.3, -0.25) is 0 Å². The van der Waals surface area contributed by atoms with E-state index >= 15 is 0 Å². The van der Waals surface area contributed by atoms with Gasteiger partial charge < -0.3 is 4.90 Å². The summed E-state index contributed by atoms with van der Waals surface area (Å²) in [5.74, 6) is 0. The number of allylic oxidation sites excluding steroid dienone is 7. The molecule has 1 nitrogen and oxygen atoms in total. The van der Waals surface area contributed by atoms with E-state index in [-0.39, 0.29) is 0 Å². The van der Waals surface area contributed by atoms with Crippen LogP contribution in [0.5, 0.6) is 0 Å². The van der Waals surface area contributed by atoms with Crippen LogP contribution in [-0.4, -0.2) is 11.9 Å². The normalized spacial score (nSPS) is 22.0. The van der Waals surface area contributed by atoms with Gasteiger partial charge in [0.2, 0.25) is 0 Å². The summed E-state index contributed by atoms with van der Waals surface area (Å²) in [6.07, 6.45) is 14.0. The van der Waals surface area contributed by atoms with E-state index in [0.717, 1.165) is 16.8 Å². The van der Waals surface area contributed by atoms with Crippen LogP contribution in [0.25, 0.3) is 0 Å². The highest BCUT2D eigenvalue weighted by Crippen LogP contribution is 2.26. The quantitative estimate of drug-likeness (QED) is 0.657. The van der Waals surface area contributed by atoms with E-state index < -0.39 is 0 Å². The average Bonchev–Trinajstić information content (AvgIpc) is 2.24. The lowest BCUT2D eigenvalue weighted by Gasteiger charge is -2.25. The summed E-state index contributed by atoms with van der Waals surface area (Å²) < 4.78 is 0. The number of rotatable bonds is 2. The van der Waals surface area contributed by atoms with Gasteiger partial charge in [-0.1, -0.05) is 43.5 Å². The minimum atomic E-state index is 0.994. The second-order valence-corrected chi connectivity index (χ2v) is 3.34. The molecule has 0 saturated heterocycles. The molecule has 1 heterocycles. The summed E-state index contributed by atoms with van der Waals surface area (Å²) in [6.45, 7) is 9.77. The highest BCUT2D eigenvalue weighted by molar-refractivity contribution is 5.55. The number of hydrogen-bond acceptors (Lipinski definition) is 1. The third-order valence-electron chi connectivity index (χ3n) is 2.28. The van der Waals surface area contributed by atoms with Crippen molar-refractivity contribution in [3.05, 3.63) is 72.7 Å². The Hall–Kier alpha value is -1.76. The number of likely N-dealkylation sites (N-methyl/N-ethyl adjacent to an activating group) is 1. The summed E-state index contributed by atoms with van der Waals surface area (Å²) >= 11 is 0. The van der Waals surface area contributed by atoms with Gasteiger partial charge in [0.1, 0.15) is 0 Å². The summed E-state index contributed by atoms with van der Waals surface area (Å²) in [5, 5.41) is 0. The van der Waals surface area contributed by atoms with Crippen molar-refractivity contribution in [3.63, 3.8) is 0 Å². The molecular formula is C14H17N. The number of hydrogen-bond donors (Lipinski definition) is 0. The maximum absolute atomic E-state index is 4.05. The molecule has 0 radical (unpaired) electrons. The molecule has 78 valence electrons. The highest BCUT2D eigenvalue weighted by atomic mass is 15.1. The molecule has 0 saturated carbocycles. The SMILES string of the molecule is C=C/C=C1/C(=C)N(C)C=C/C1=C/C=C\C. The lowest BCUT2D eigenvalue weighted by Crippen LogP contribution is -2.15. The first kappa shape index (κ1) is 11.3. The molecule has 0 fully saturated rings. The standard InChI is InChI=1S/C14H17N/c1-5-7-9-13-10-11-15(4)12(3)14(13)8-6-2/h5-11H,2-3H2,1,4H3/b7-5-,13-9-,14-8-. The van der Waals surface area contributed by atoms with Crippen molar-refractivity contribution in [2.75, 3.05) is 7.05 Å². The van der Waals surface area contributed by atoms with E-state index in [4.69, 9.17) is 0 Å². The predicted octanol–water partition coefficient (Wildman–Crippen LogP) is 3.57. The smallest absolute Gasteiger partial charge is 0.0410 e. The third kappa shape index (κ3) is 2.59. The van der Waals surface area contributed by atoms with E-state index in [0.29, 0.717) is 0 Å². The Morgan fingerprint density at radius 3 is 2.67 bits per heavy atom. The van der Waals surface area contributed by atoms with Crippen molar-refractivity contribution in [1.82, 2.24) is 4.90 Å². The fourth-order valence-corrected chi connectivity index (χ4v) is 1.38. The average molecular weight is 199 g/mol. The van der Waals surface area contributed by atoms with E-state index in [1.165, 1.54) is 0 Å². The summed E-state index contributed by atoms with van der Waals surface area (Å²) in [7, 11) is 1.99. The van der Waals surface area contributed by atoms with Crippen LogP contribution >= 0.6 is 0 Å². The first-order valence-electron chi connectivity index (χ1n) is 4.97. The molecule has 0 N–H and O–H groups in total. The van der Waals surface area contributed by atoms with Crippen LogP contribution in [0.3, 0.4) is 0 Å². The lowest BCUT2D eigenvalue weighted by molar-refractivity contribution is 0.575. The first-order valence-corrected chi connectivity index (χ1v) is 4.97. The van der Waals surface area contributed by atoms with Gasteiger partial charge in [0, 0.05) is 24.5 Å². The lowest BCUT2D eigenvalue weighted by atomic mass is 9.99. The molecule has 0 spiro atoms. The van der Waals surface area contributed by atoms with Crippen molar-refractivity contribution in [3.8, 4) is 0 Å². The second-order valence-electron chi connectivity index (χ2n) is 3.34. The van der Waals surface area contributed by atoms with Crippen LogP contribution < -0.4 is 0 Å². The Kier molecular flexibility index (Phi) is 3.92. The summed E-state index contributed by atoms with van der Waals surface area (Å²) in [4.78, 5) is 2.00. The second kappa shape index (κ2) is 5.20. The largest absolute Gasteiger partial charge is 0.351 e. The Labute approximate surface area is 92.1 Å². The maximum atomic E-state index is 4.05. The fourth-order valence-electron chi connectivity index (χ4n) is 1.38. The molecule has 1 aliphatic rings. The summed E-state index contributed by atoms with van der Waals surface area (Å²) in [6, 6.07) is 0. The molecule has 1 heteroatoms. The van der Waals surface area contributed by atoms with E-state index in [1.54, 1.807) is 6.08 Å². The van der Waals surface area contributed by atoms with Gasteiger partial charge in [-0.15, -0.1) is 0 Å². The molecule has 0 amide bonds. The fraction of sp³-hybridized carbons (Fsp3) is 0.143. The topological polar surface area (TPSA) is 3.24 Å². The minimum absolute atomic E-state index is 0.994. The van der Waals surface area contributed by atoms with Gasteiger partial charge in [-0.25, -0.2) is 0 Å². The van der Waals surface area contributed by atoms with Gasteiger partial charge in [0.25, 0.3) is 0 Å². The van der Waals surface area contributed by atoms with E-state index in [1.807, 2.05) is 43.3 Å². The molecule has 1 aliphatic heterocycles. The zero-order valence-electron chi connectivity index (χ0n) is 9.40. The molecule has 0 aromatic heterocycles. The van der Waals surface area contributed by atoms with Crippen molar-refractivity contribution >= 4 is 0 Å². The summed E-state index contributed by atoms with van der Waals surface area (Å²) in [5.41, 5.74) is 3.28. The van der Waals surface area contributed by atoms with Crippen LogP contribution in [-0.2, 0) is 0 Å². The van der Waals surface area contributed by atoms with Crippen molar-refractivity contribution in [2.24, 2.45) is 0 Å². The third-order valence-corrected chi connectivity index (χ3v) is 2.28. The van der Waals surface area contributed by atoms with E-state index in [9.17, 15) is 0 Å². The molecule has 1 rings (SSSR count). The molecule has 0 bridgehead atoms. The monoisotopic (exact) mass is 199 g/mol. The predicted molar refractivity (Wildman–Crippen MR) is 67.2 cm³/mol. The Morgan fingerprint density at radius 2 is 2.07 bits per heavy atom. The molecule has 0 atom stereocenters. The molecule has 0 unspecified atom stereocenters. The Morgan fingerprint density at radius 1 is 1.33 bits per heavy atom. The minimum Gasteiger partial charge on any atom is -0.351 e. The van der Waals surface area contributed by atoms with Gasteiger partial charge in [-0.05, 0) is 18.6 Å². The molecule has 15 heavy (non-hydrogen) atoms.